The monoisotopic (exact) mass is 421 g/mol. The number of rotatable bonds is 8. The molecule has 1 aliphatic rings. The molecule has 0 spiro atoms. The van der Waals surface area contributed by atoms with Gasteiger partial charge in [-0.15, -0.1) is 0 Å². The predicted octanol–water partition coefficient (Wildman–Crippen LogP) is 4.71. The normalized spacial score (nSPS) is 13.8. The average molecular weight is 422 g/mol. The first-order valence-electron chi connectivity index (χ1n) is 10.8. The van der Waals surface area contributed by atoms with Crippen LogP contribution in [0.5, 0.6) is 5.75 Å². The quantitative estimate of drug-likeness (QED) is 0.606. The Hall–Kier alpha value is -3.28. The van der Waals surface area contributed by atoms with Crippen LogP contribution in [0.2, 0.25) is 0 Å². The van der Waals surface area contributed by atoms with Gasteiger partial charge in [-0.1, -0.05) is 25.5 Å². The number of hydrogen-bond donors (Lipinski definition) is 2. The van der Waals surface area contributed by atoms with Gasteiger partial charge in [-0.3, -0.25) is 9.59 Å². The number of carbonyl (C=O) groups is 2. The summed E-state index contributed by atoms with van der Waals surface area (Å²) in [5.41, 5.74) is 3.06. The van der Waals surface area contributed by atoms with Crippen molar-refractivity contribution in [1.82, 2.24) is 4.90 Å². The van der Waals surface area contributed by atoms with Gasteiger partial charge in [-0.05, 0) is 61.7 Å². The fraction of sp³-hybridized carbons (Fsp3) is 0.360. The lowest BCUT2D eigenvalue weighted by Crippen LogP contribution is -2.31. The van der Waals surface area contributed by atoms with Crippen molar-refractivity contribution < 1.29 is 14.3 Å². The Labute approximate surface area is 184 Å². The van der Waals surface area contributed by atoms with Gasteiger partial charge in [0.05, 0.1) is 6.54 Å². The van der Waals surface area contributed by atoms with Crippen LogP contribution in [0.15, 0.2) is 60.7 Å². The molecule has 2 N–H and O–H groups in total. The van der Waals surface area contributed by atoms with Gasteiger partial charge in [-0.2, -0.15) is 0 Å². The SMILES string of the molecule is C=C(C)COc1cccc(NCC(=O)Nc2ccc(C(=O)N3CCCCCC3)cc2)c1. The molecular formula is C25H31N3O3. The van der Waals surface area contributed by atoms with Gasteiger partial charge in [0.15, 0.2) is 0 Å². The molecule has 1 heterocycles. The van der Waals surface area contributed by atoms with Crippen LogP contribution in [0.25, 0.3) is 0 Å². The molecule has 6 nitrogen and oxygen atoms in total. The zero-order valence-corrected chi connectivity index (χ0v) is 18.2. The smallest absolute Gasteiger partial charge is 0.253 e. The van der Waals surface area contributed by atoms with Gasteiger partial charge in [0.25, 0.3) is 5.91 Å². The van der Waals surface area contributed by atoms with E-state index in [9.17, 15) is 9.59 Å². The van der Waals surface area contributed by atoms with E-state index in [1.165, 1.54) is 12.8 Å². The van der Waals surface area contributed by atoms with Crippen molar-refractivity contribution in [3.05, 3.63) is 66.2 Å². The molecular weight excluding hydrogens is 390 g/mol. The first-order valence-corrected chi connectivity index (χ1v) is 10.8. The molecule has 1 saturated heterocycles. The van der Waals surface area contributed by atoms with Gasteiger partial charge in [0, 0.05) is 36.1 Å². The fourth-order valence-corrected chi connectivity index (χ4v) is 3.44. The highest BCUT2D eigenvalue weighted by atomic mass is 16.5. The van der Waals surface area contributed by atoms with Crippen molar-refractivity contribution in [3.63, 3.8) is 0 Å². The van der Waals surface area contributed by atoms with Crippen LogP contribution < -0.4 is 15.4 Å². The molecule has 2 amide bonds. The van der Waals surface area contributed by atoms with E-state index in [1.54, 1.807) is 24.3 Å². The van der Waals surface area contributed by atoms with Gasteiger partial charge < -0.3 is 20.3 Å². The molecule has 0 aliphatic carbocycles. The second-order valence-electron chi connectivity index (χ2n) is 7.96. The minimum absolute atomic E-state index is 0.0650. The zero-order valence-electron chi connectivity index (χ0n) is 18.2. The summed E-state index contributed by atoms with van der Waals surface area (Å²) in [6, 6.07) is 14.6. The molecule has 0 atom stereocenters. The minimum atomic E-state index is -0.167. The number of likely N-dealkylation sites (tertiary alicyclic amines) is 1. The Kier molecular flexibility index (Phi) is 8.10. The topological polar surface area (TPSA) is 70.7 Å². The van der Waals surface area contributed by atoms with Gasteiger partial charge in [0.2, 0.25) is 5.91 Å². The molecule has 2 aromatic carbocycles. The van der Waals surface area contributed by atoms with Crippen LogP contribution in [0.4, 0.5) is 11.4 Å². The molecule has 0 aromatic heterocycles. The standard InChI is InChI=1S/C25H31N3O3/c1-19(2)18-31-23-9-7-8-22(16-23)26-17-24(29)27-21-12-10-20(11-13-21)25(30)28-14-5-3-4-6-15-28/h7-13,16,26H,1,3-6,14-15,17-18H2,2H3,(H,27,29). The van der Waals surface area contributed by atoms with E-state index in [1.807, 2.05) is 36.1 Å². The molecule has 164 valence electrons. The summed E-state index contributed by atoms with van der Waals surface area (Å²) in [7, 11) is 0. The summed E-state index contributed by atoms with van der Waals surface area (Å²) in [6.45, 7) is 7.95. The van der Waals surface area contributed by atoms with Crippen LogP contribution >= 0.6 is 0 Å². The third kappa shape index (κ3) is 7.17. The number of hydrogen-bond acceptors (Lipinski definition) is 4. The molecule has 1 fully saturated rings. The van der Waals surface area contributed by atoms with E-state index in [2.05, 4.69) is 17.2 Å². The molecule has 0 bridgehead atoms. The third-order valence-corrected chi connectivity index (χ3v) is 5.08. The van der Waals surface area contributed by atoms with Gasteiger partial charge >= 0.3 is 0 Å². The van der Waals surface area contributed by atoms with E-state index in [4.69, 9.17) is 4.74 Å². The van der Waals surface area contributed by atoms with Crippen LogP contribution in [0, 0.1) is 0 Å². The lowest BCUT2D eigenvalue weighted by Gasteiger charge is -2.20. The Morgan fingerprint density at radius 1 is 1.00 bits per heavy atom. The summed E-state index contributed by atoms with van der Waals surface area (Å²) in [4.78, 5) is 26.9. The van der Waals surface area contributed by atoms with Gasteiger partial charge in [0.1, 0.15) is 12.4 Å². The maximum atomic E-state index is 12.7. The Morgan fingerprint density at radius 2 is 1.71 bits per heavy atom. The van der Waals surface area contributed by atoms with Crippen LogP contribution in [-0.2, 0) is 4.79 Å². The molecule has 3 rings (SSSR count). The molecule has 1 aliphatic heterocycles. The maximum absolute atomic E-state index is 12.7. The molecule has 0 unspecified atom stereocenters. The van der Waals surface area contributed by atoms with E-state index in [0.29, 0.717) is 17.9 Å². The number of nitrogens with zero attached hydrogens (tertiary/aromatic N) is 1. The van der Waals surface area contributed by atoms with E-state index < -0.39 is 0 Å². The highest BCUT2D eigenvalue weighted by Crippen LogP contribution is 2.18. The van der Waals surface area contributed by atoms with Crippen molar-refractivity contribution in [1.29, 1.82) is 0 Å². The Balaban J connectivity index is 1.49. The van der Waals surface area contributed by atoms with Crippen molar-refractivity contribution in [3.8, 4) is 5.75 Å². The summed E-state index contributed by atoms with van der Waals surface area (Å²) < 4.78 is 5.62. The van der Waals surface area contributed by atoms with Crippen molar-refractivity contribution in [2.45, 2.75) is 32.6 Å². The molecule has 31 heavy (non-hydrogen) atoms. The van der Waals surface area contributed by atoms with Crippen LogP contribution in [0.1, 0.15) is 43.0 Å². The second kappa shape index (κ2) is 11.2. The fourth-order valence-electron chi connectivity index (χ4n) is 3.44. The Morgan fingerprint density at radius 3 is 2.39 bits per heavy atom. The predicted molar refractivity (Wildman–Crippen MR) is 125 cm³/mol. The summed E-state index contributed by atoms with van der Waals surface area (Å²) in [5.74, 6) is 0.619. The molecule has 6 heteroatoms. The highest BCUT2D eigenvalue weighted by molar-refractivity contribution is 5.96. The average Bonchev–Trinajstić information content (AvgIpc) is 3.06. The number of ether oxygens (including phenoxy) is 1. The number of benzene rings is 2. The lowest BCUT2D eigenvalue weighted by molar-refractivity contribution is -0.114. The third-order valence-electron chi connectivity index (χ3n) is 5.08. The van der Waals surface area contributed by atoms with Gasteiger partial charge in [-0.25, -0.2) is 0 Å². The lowest BCUT2D eigenvalue weighted by atomic mass is 10.1. The minimum Gasteiger partial charge on any atom is -0.489 e. The van der Waals surface area contributed by atoms with Crippen molar-refractivity contribution >= 4 is 23.2 Å². The largest absolute Gasteiger partial charge is 0.489 e. The summed E-state index contributed by atoms with van der Waals surface area (Å²) in [6.07, 6.45) is 4.51. The van der Waals surface area contributed by atoms with E-state index >= 15 is 0 Å². The van der Waals surface area contributed by atoms with E-state index in [-0.39, 0.29) is 18.4 Å². The number of amides is 2. The first kappa shape index (κ1) is 22.4. The second-order valence-corrected chi connectivity index (χ2v) is 7.96. The summed E-state index contributed by atoms with van der Waals surface area (Å²) >= 11 is 0. The molecule has 0 saturated carbocycles. The summed E-state index contributed by atoms with van der Waals surface area (Å²) in [5, 5.41) is 5.95. The molecule has 2 aromatic rings. The Bertz CT molecular complexity index is 900. The van der Waals surface area contributed by atoms with E-state index in [0.717, 1.165) is 42.9 Å². The molecule has 0 radical (unpaired) electrons. The number of anilines is 2. The number of nitrogens with one attached hydrogen (secondary N) is 2. The first-order chi connectivity index (χ1) is 15.0. The van der Waals surface area contributed by atoms with Crippen molar-refractivity contribution in [2.24, 2.45) is 0 Å². The van der Waals surface area contributed by atoms with Crippen molar-refractivity contribution in [2.75, 3.05) is 36.9 Å². The maximum Gasteiger partial charge on any atom is 0.253 e. The number of carbonyl (C=O) groups excluding carboxylic acids is 2. The van der Waals surface area contributed by atoms with Crippen LogP contribution in [0.3, 0.4) is 0 Å². The highest BCUT2D eigenvalue weighted by Gasteiger charge is 2.17. The van der Waals surface area contributed by atoms with Crippen LogP contribution in [-0.4, -0.2) is 43.0 Å². The zero-order chi connectivity index (χ0) is 22.1.